The van der Waals surface area contributed by atoms with E-state index >= 15 is 0 Å². The first-order chi connectivity index (χ1) is 7.21. The van der Waals surface area contributed by atoms with Crippen molar-refractivity contribution in [2.75, 3.05) is 7.05 Å². The van der Waals surface area contributed by atoms with Crippen LogP contribution in [0.4, 0.5) is 0 Å². The topological polar surface area (TPSA) is 12.0 Å². The molecule has 0 aromatic rings. The van der Waals surface area contributed by atoms with Crippen molar-refractivity contribution in [1.82, 2.24) is 5.32 Å². The van der Waals surface area contributed by atoms with Crippen LogP contribution in [0, 0.1) is 0 Å². The summed E-state index contributed by atoms with van der Waals surface area (Å²) >= 11 is 0. The van der Waals surface area contributed by atoms with Gasteiger partial charge in [-0.25, -0.2) is 0 Å². The summed E-state index contributed by atoms with van der Waals surface area (Å²) in [4.78, 5) is 0. The molecule has 15 heavy (non-hydrogen) atoms. The molecule has 1 heteroatoms. The van der Waals surface area contributed by atoms with E-state index in [1.807, 2.05) is 26.1 Å². The van der Waals surface area contributed by atoms with E-state index in [0.717, 1.165) is 18.5 Å². The van der Waals surface area contributed by atoms with Crippen LogP contribution >= 0.6 is 0 Å². The SMILES string of the molecule is C=C(CCC)C(=C/C)/C(=C\C=C\C)NC. The van der Waals surface area contributed by atoms with E-state index in [1.54, 1.807) is 0 Å². The Morgan fingerprint density at radius 1 is 1.33 bits per heavy atom. The third kappa shape index (κ3) is 4.68. The van der Waals surface area contributed by atoms with Crippen LogP contribution in [-0.4, -0.2) is 7.05 Å². The minimum atomic E-state index is 1.05. The average molecular weight is 205 g/mol. The fraction of sp³-hybridized carbons (Fsp3) is 0.429. The van der Waals surface area contributed by atoms with Gasteiger partial charge in [0.2, 0.25) is 0 Å². The summed E-state index contributed by atoms with van der Waals surface area (Å²) in [6, 6.07) is 0. The molecule has 0 aliphatic heterocycles. The number of hydrogen-bond acceptors (Lipinski definition) is 1. The highest BCUT2D eigenvalue weighted by Gasteiger charge is 2.04. The molecule has 1 nitrogen and oxygen atoms in total. The first-order valence-electron chi connectivity index (χ1n) is 5.56. The molecule has 0 aromatic carbocycles. The number of likely N-dealkylation sites (N-methyl/N-ethyl adjacent to an activating group) is 1. The Hall–Kier alpha value is -1.24. The maximum absolute atomic E-state index is 4.12. The first-order valence-corrected chi connectivity index (χ1v) is 5.56. The highest BCUT2D eigenvalue weighted by Crippen LogP contribution is 2.20. The normalized spacial score (nSPS) is 13.3. The molecule has 0 saturated heterocycles. The largest absolute Gasteiger partial charge is 0.388 e. The van der Waals surface area contributed by atoms with E-state index in [4.69, 9.17) is 0 Å². The van der Waals surface area contributed by atoms with E-state index < -0.39 is 0 Å². The quantitative estimate of drug-likeness (QED) is 0.647. The monoisotopic (exact) mass is 205 g/mol. The summed E-state index contributed by atoms with van der Waals surface area (Å²) in [7, 11) is 1.94. The van der Waals surface area contributed by atoms with Crippen LogP contribution in [0.3, 0.4) is 0 Å². The summed E-state index contributed by atoms with van der Waals surface area (Å²) < 4.78 is 0. The molecule has 0 rings (SSSR count). The van der Waals surface area contributed by atoms with Gasteiger partial charge in [-0.05, 0) is 37.5 Å². The second-order valence-corrected chi connectivity index (χ2v) is 3.41. The first kappa shape index (κ1) is 13.8. The van der Waals surface area contributed by atoms with Crippen molar-refractivity contribution in [2.45, 2.75) is 33.6 Å². The maximum Gasteiger partial charge on any atom is 0.0410 e. The van der Waals surface area contributed by atoms with Crippen LogP contribution in [0.15, 0.2) is 47.7 Å². The van der Waals surface area contributed by atoms with Crippen LogP contribution < -0.4 is 5.32 Å². The fourth-order valence-corrected chi connectivity index (χ4v) is 1.49. The molecule has 0 amide bonds. The standard InChI is InChI=1S/C14H23N/c1-6-9-11-14(15-5)13(8-3)12(4)10-7-2/h6,8-9,11,15H,4,7,10H2,1-3,5H3/b9-6+,13-8-,14-11+. The summed E-state index contributed by atoms with van der Waals surface area (Å²) in [6.07, 6.45) is 10.4. The van der Waals surface area contributed by atoms with Gasteiger partial charge in [-0.3, -0.25) is 0 Å². The van der Waals surface area contributed by atoms with Gasteiger partial charge >= 0.3 is 0 Å². The van der Waals surface area contributed by atoms with Gasteiger partial charge in [-0.2, -0.15) is 0 Å². The minimum absolute atomic E-state index is 1.05. The van der Waals surface area contributed by atoms with Crippen molar-refractivity contribution >= 4 is 0 Å². The van der Waals surface area contributed by atoms with Crippen LogP contribution in [0.1, 0.15) is 33.6 Å². The van der Waals surface area contributed by atoms with E-state index in [2.05, 4.69) is 37.9 Å². The zero-order valence-corrected chi connectivity index (χ0v) is 10.4. The van der Waals surface area contributed by atoms with E-state index in [-0.39, 0.29) is 0 Å². The predicted octanol–water partition coefficient (Wildman–Crippen LogP) is 3.97. The lowest BCUT2D eigenvalue weighted by atomic mass is 9.99. The lowest BCUT2D eigenvalue weighted by Gasteiger charge is -2.13. The van der Waals surface area contributed by atoms with Gasteiger partial charge in [0.1, 0.15) is 0 Å². The molecule has 0 spiro atoms. The van der Waals surface area contributed by atoms with Gasteiger partial charge in [-0.1, -0.05) is 38.2 Å². The zero-order valence-electron chi connectivity index (χ0n) is 10.4. The maximum atomic E-state index is 4.12. The molecule has 0 heterocycles. The molecular weight excluding hydrogens is 182 g/mol. The third-order valence-electron chi connectivity index (χ3n) is 2.24. The number of allylic oxidation sites excluding steroid dienone is 5. The van der Waals surface area contributed by atoms with Crippen molar-refractivity contribution in [2.24, 2.45) is 0 Å². The second-order valence-electron chi connectivity index (χ2n) is 3.41. The molecule has 0 aliphatic carbocycles. The van der Waals surface area contributed by atoms with Gasteiger partial charge in [-0.15, -0.1) is 0 Å². The molecule has 0 aromatic heterocycles. The Morgan fingerprint density at radius 2 is 2.00 bits per heavy atom. The highest BCUT2D eigenvalue weighted by molar-refractivity contribution is 5.45. The summed E-state index contributed by atoms with van der Waals surface area (Å²) in [5.41, 5.74) is 3.55. The predicted molar refractivity (Wildman–Crippen MR) is 69.8 cm³/mol. The minimum Gasteiger partial charge on any atom is -0.388 e. The van der Waals surface area contributed by atoms with Crippen LogP contribution in [0.25, 0.3) is 0 Å². The summed E-state index contributed by atoms with van der Waals surface area (Å²) in [5, 5.41) is 3.21. The lowest BCUT2D eigenvalue weighted by molar-refractivity contribution is 0.899. The number of rotatable bonds is 6. The van der Waals surface area contributed by atoms with Crippen LogP contribution in [0.5, 0.6) is 0 Å². The highest BCUT2D eigenvalue weighted by atomic mass is 14.8. The molecule has 0 saturated carbocycles. The fourth-order valence-electron chi connectivity index (χ4n) is 1.49. The van der Waals surface area contributed by atoms with Crippen LogP contribution in [0.2, 0.25) is 0 Å². The van der Waals surface area contributed by atoms with Crippen molar-refractivity contribution < 1.29 is 0 Å². The molecule has 0 bridgehead atoms. The Kier molecular flexibility index (Phi) is 7.43. The Morgan fingerprint density at radius 3 is 2.40 bits per heavy atom. The lowest BCUT2D eigenvalue weighted by Crippen LogP contribution is -2.09. The summed E-state index contributed by atoms with van der Waals surface area (Å²) in [6.45, 7) is 10.4. The van der Waals surface area contributed by atoms with Gasteiger partial charge in [0, 0.05) is 12.7 Å². The number of nitrogens with one attached hydrogen (secondary N) is 1. The van der Waals surface area contributed by atoms with Crippen molar-refractivity contribution in [3.63, 3.8) is 0 Å². The molecule has 0 fully saturated rings. The molecule has 0 atom stereocenters. The van der Waals surface area contributed by atoms with Crippen molar-refractivity contribution in [1.29, 1.82) is 0 Å². The third-order valence-corrected chi connectivity index (χ3v) is 2.24. The van der Waals surface area contributed by atoms with E-state index in [1.165, 1.54) is 11.1 Å². The van der Waals surface area contributed by atoms with Gasteiger partial charge in [0.05, 0.1) is 0 Å². The van der Waals surface area contributed by atoms with Crippen molar-refractivity contribution in [3.8, 4) is 0 Å². The molecule has 84 valence electrons. The molecular formula is C14H23N. The van der Waals surface area contributed by atoms with E-state index in [9.17, 15) is 0 Å². The van der Waals surface area contributed by atoms with Crippen LogP contribution in [-0.2, 0) is 0 Å². The van der Waals surface area contributed by atoms with Gasteiger partial charge < -0.3 is 5.32 Å². The van der Waals surface area contributed by atoms with Crippen molar-refractivity contribution in [3.05, 3.63) is 47.7 Å². The zero-order chi connectivity index (χ0) is 11.7. The Labute approximate surface area is 94.3 Å². The number of hydrogen-bond donors (Lipinski definition) is 1. The summed E-state index contributed by atoms with van der Waals surface area (Å²) in [5.74, 6) is 0. The van der Waals surface area contributed by atoms with E-state index in [0.29, 0.717) is 0 Å². The molecule has 0 unspecified atom stereocenters. The smallest absolute Gasteiger partial charge is 0.0410 e. The molecule has 0 radical (unpaired) electrons. The average Bonchev–Trinajstić information content (AvgIpc) is 2.24. The Balaban J connectivity index is 4.86. The molecule has 1 N–H and O–H groups in total. The second kappa shape index (κ2) is 8.10. The van der Waals surface area contributed by atoms with Gasteiger partial charge in [0.15, 0.2) is 0 Å². The Bertz CT molecular complexity index is 280. The van der Waals surface area contributed by atoms with Gasteiger partial charge in [0.25, 0.3) is 0 Å². The molecule has 0 aliphatic rings.